The Hall–Kier alpha value is -6.99. The van der Waals surface area contributed by atoms with Gasteiger partial charge in [-0.15, -0.1) is 22.7 Å². The highest BCUT2D eigenvalue weighted by atomic mass is 32.1. The molecular weight excluding hydrogens is 733 g/mol. The standard InChI is InChI=1S/C51H30N4S2/c1-3-12-31(13-4-1)49-52-50(32-14-5-2-6-15-32)54-51(53-49)34-22-25-40-42-28-33(23-27-45(42)56-46(40)29-34)36-18-11-19-41-39-26-24-35(30-47(39)57-48(36)41)55-43-20-9-7-16-37(43)38-17-8-10-21-44(38)55/h1-30H. The molecule has 12 aromatic rings. The van der Waals surface area contributed by atoms with Crippen LogP contribution in [0.5, 0.6) is 0 Å². The van der Waals surface area contributed by atoms with Crippen molar-refractivity contribution in [2.45, 2.75) is 0 Å². The first-order valence-electron chi connectivity index (χ1n) is 19.0. The molecule has 0 fully saturated rings. The minimum Gasteiger partial charge on any atom is -0.309 e. The molecular formula is C51H30N4S2. The number of rotatable bonds is 5. The molecule has 8 aromatic carbocycles. The Morgan fingerprint density at radius 3 is 1.60 bits per heavy atom. The van der Waals surface area contributed by atoms with Crippen LogP contribution in [0.3, 0.4) is 0 Å². The molecule has 0 bridgehead atoms. The second kappa shape index (κ2) is 12.8. The molecule has 4 heterocycles. The quantitative estimate of drug-likeness (QED) is 0.175. The lowest BCUT2D eigenvalue weighted by molar-refractivity contribution is 1.07. The van der Waals surface area contributed by atoms with E-state index in [9.17, 15) is 0 Å². The summed E-state index contributed by atoms with van der Waals surface area (Å²) in [5, 5.41) is 7.64. The third-order valence-corrected chi connectivity index (χ3v) is 13.4. The van der Waals surface area contributed by atoms with Crippen molar-refractivity contribution in [1.82, 2.24) is 19.5 Å². The van der Waals surface area contributed by atoms with E-state index >= 15 is 0 Å². The molecule has 0 amide bonds. The van der Waals surface area contributed by atoms with Crippen molar-refractivity contribution in [2.75, 3.05) is 0 Å². The predicted octanol–water partition coefficient (Wildman–Crippen LogP) is 14.4. The number of aromatic nitrogens is 4. The molecule has 266 valence electrons. The molecule has 0 aliphatic heterocycles. The van der Waals surface area contributed by atoms with Crippen molar-refractivity contribution in [1.29, 1.82) is 0 Å². The number of thiophene rings is 2. The Kier molecular flexibility index (Phi) is 7.24. The molecule has 0 unspecified atom stereocenters. The van der Waals surface area contributed by atoms with Gasteiger partial charge in [0, 0.05) is 73.5 Å². The summed E-state index contributed by atoms with van der Waals surface area (Å²) in [4.78, 5) is 14.9. The van der Waals surface area contributed by atoms with Crippen LogP contribution in [0.25, 0.3) is 113 Å². The lowest BCUT2D eigenvalue weighted by Crippen LogP contribution is -1.99. The number of para-hydroxylation sites is 2. The zero-order valence-corrected chi connectivity index (χ0v) is 32.1. The van der Waals surface area contributed by atoms with Crippen LogP contribution < -0.4 is 0 Å². The van der Waals surface area contributed by atoms with Gasteiger partial charge in [0.05, 0.1) is 11.0 Å². The topological polar surface area (TPSA) is 43.6 Å². The Morgan fingerprint density at radius 1 is 0.333 bits per heavy atom. The smallest absolute Gasteiger partial charge is 0.164 e. The molecule has 0 saturated carbocycles. The fraction of sp³-hybridized carbons (Fsp3) is 0. The number of hydrogen-bond acceptors (Lipinski definition) is 5. The molecule has 12 rings (SSSR count). The highest BCUT2D eigenvalue weighted by Gasteiger charge is 2.17. The lowest BCUT2D eigenvalue weighted by Gasteiger charge is -2.08. The molecule has 6 heteroatoms. The molecule has 0 aliphatic carbocycles. The van der Waals surface area contributed by atoms with Crippen molar-refractivity contribution >= 4 is 84.8 Å². The first kappa shape index (κ1) is 32.3. The maximum atomic E-state index is 4.99. The second-order valence-electron chi connectivity index (χ2n) is 14.4. The van der Waals surface area contributed by atoms with Gasteiger partial charge in [0.1, 0.15) is 0 Å². The van der Waals surface area contributed by atoms with Gasteiger partial charge in [0.15, 0.2) is 17.5 Å². The van der Waals surface area contributed by atoms with E-state index in [4.69, 9.17) is 15.0 Å². The van der Waals surface area contributed by atoms with E-state index in [0.29, 0.717) is 17.5 Å². The fourth-order valence-electron chi connectivity index (χ4n) is 8.38. The predicted molar refractivity (Wildman–Crippen MR) is 242 cm³/mol. The van der Waals surface area contributed by atoms with Crippen molar-refractivity contribution in [3.05, 3.63) is 182 Å². The maximum Gasteiger partial charge on any atom is 0.164 e. The minimum atomic E-state index is 0.666. The monoisotopic (exact) mass is 762 g/mol. The van der Waals surface area contributed by atoms with Gasteiger partial charge >= 0.3 is 0 Å². The first-order valence-corrected chi connectivity index (χ1v) is 20.6. The molecule has 0 atom stereocenters. The SMILES string of the molecule is c1ccc(-c2nc(-c3ccccc3)nc(-c3ccc4c(c3)sc3ccc(-c5cccc6c5sc5cc(-n7c8ccccc8c8ccccc87)ccc56)cc34)n2)cc1. The third-order valence-electron chi connectivity index (χ3n) is 11.1. The average Bonchev–Trinajstić information content (AvgIpc) is 3.95. The van der Waals surface area contributed by atoms with Crippen molar-refractivity contribution in [3.63, 3.8) is 0 Å². The summed E-state index contributed by atoms with van der Waals surface area (Å²) in [7, 11) is 0. The van der Waals surface area contributed by atoms with Gasteiger partial charge in [0.2, 0.25) is 0 Å². The van der Waals surface area contributed by atoms with E-state index in [1.807, 2.05) is 83.3 Å². The van der Waals surface area contributed by atoms with Gasteiger partial charge in [-0.25, -0.2) is 15.0 Å². The highest BCUT2D eigenvalue weighted by Crippen LogP contribution is 2.44. The van der Waals surface area contributed by atoms with Crippen LogP contribution >= 0.6 is 22.7 Å². The summed E-state index contributed by atoms with van der Waals surface area (Å²) < 4.78 is 7.47. The summed E-state index contributed by atoms with van der Waals surface area (Å²) >= 11 is 3.70. The van der Waals surface area contributed by atoms with Gasteiger partial charge in [-0.3, -0.25) is 0 Å². The van der Waals surface area contributed by atoms with Crippen molar-refractivity contribution in [3.8, 4) is 51.0 Å². The Bertz CT molecular complexity index is 3410. The zero-order chi connectivity index (χ0) is 37.5. The van der Waals surface area contributed by atoms with Crippen LogP contribution in [0.4, 0.5) is 0 Å². The summed E-state index contributed by atoms with van der Waals surface area (Å²) in [6.07, 6.45) is 0. The third kappa shape index (κ3) is 5.22. The molecule has 0 aliphatic rings. The Balaban J connectivity index is 0.957. The lowest BCUT2D eigenvalue weighted by atomic mass is 10.0. The number of nitrogens with zero attached hydrogens (tertiary/aromatic N) is 4. The van der Waals surface area contributed by atoms with Crippen LogP contribution in [0.2, 0.25) is 0 Å². The van der Waals surface area contributed by atoms with E-state index in [-0.39, 0.29) is 0 Å². The van der Waals surface area contributed by atoms with E-state index < -0.39 is 0 Å². The molecule has 57 heavy (non-hydrogen) atoms. The van der Waals surface area contributed by atoms with Crippen molar-refractivity contribution in [2.24, 2.45) is 0 Å². The van der Waals surface area contributed by atoms with Crippen LogP contribution in [0.15, 0.2) is 182 Å². The van der Waals surface area contributed by atoms with Gasteiger partial charge in [0.25, 0.3) is 0 Å². The molecule has 0 radical (unpaired) electrons. The van der Waals surface area contributed by atoms with Crippen molar-refractivity contribution < 1.29 is 0 Å². The first-order chi connectivity index (χ1) is 28.2. The maximum absolute atomic E-state index is 4.99. The average molecular weight is 763 g/mol. The number of benzene rings is 8. The van der Waals surface area contributed by atoms with Gasteiger partial charge in [-0.05, 0) is 53.6 Å². The number of hydrogen-bond donors (Lipinski definition) is 0. The van der Waals surface area contributed by atoms with E-state index in [0.717, 1.165) is 16.7 Å². The van der Waals surface area contributed by atoms with Crippen LogP contribution in [0, 0.1) is 0 Å². The van der Waals surface area contributed by atoms with Gasteiger partial charge in [-0.2, -0.15) is 0 Å². The number of fused-ring (bicyclic) bond motifs is 9. The molecule has 0 saturated heterocycles. The largest absolute Gasteiger partial charge is 0.309 e. The van der Waals surface area contributed by atoms with E-state index in [1.165, 1.54) is 79.0 Å². The summed E-state index contributed by atoms with van der Waals surface area (Å²) in [5.41, 5.74) is 9.03. The summed E-state index contributed by atoms with van der Waals surface area (Å²) in [6, 6.07) is 65.0. The second-order valence-corrected chi connectivity index (χ2v) is 16.5. The minimum absolute atomic E-state index is 0.666. The van der Waals surface area contributed by atoms with E-state index in [1.54, 1.807) is 0 Å². The molecule has 0 N–H and O–H groups in total. The van der Waals surface area contributed by atoms with Gasteiger partial charge in [-0.1, -0.05) is 140 Å². The molecule has 0 spiro atoms. The van der Waals surface area contributed by atoms with Gasteiger partial charge < -0.3 is 4.57 Å². The molecule has 4 nitrogen and oxygen atoms in total. The van der Waals surface area contributed by atoms with Crippen LogP contribution in [-0.4, -0.2) is 19.5 Å². The Morgan fingerprint density at radius 2 is 0.895 bits per heavy atom. The van der Waals surface area contributed by atoms with E-state index in [2.05, 4.69) is 126 Å². The zero-order valence-electron chi connectivity index (χ0n) is 30.4. The normalized spacial score (nSPS) is 11.9. The summed E-state index contributed by atoms with van der Waals surface area (Å²) in [6.45, 7) is 0. The molecule has 4 aromatic heterocycles. The summed E-state index contributed by atoms with van der Waals surface area (Å²) in [5.74, 6) is 2.00. The highest BCUT2D eigenvalue weighted by molar-refractivity contribution is 7.26. The fourth-order valence-corrected chi connectivity index (χ4v) is 10.8. The Labute approximate surface area is 335 Å². The van der Waals surface area contributed by atoms with Crippen LogP contribution in [0.1, 0.15) is 0 Å². The van der Waals surface area contributed by atoms with Crippen LogP contribution in [-0.2, 0) is 0 Å².